The predicted molar refractivity (Wildman–Crippen MR) is 235 cm³/mol. The molecule has 358 valence electrons. The molecule has 63 heavy (non-hydrogen) atoms. The summed E-state index contributed by atoms with van der Waals surface area (Å²) < 4.78 is 51.2. The molecule has 1 aromatic carbocycles. The number of hydrogen-bond donors (Lipinski definition) is 3. The number of benzene rings is 1. The average Bonchev–Trinajstić information content (AvgIpc) is 3.51. The van der Waals surface area contributed by atoms with Crippen molar-refractivity contribution in [1.29, 1.82) is 0 Å². The van der Waals surface area contributed by atoms with Crippen LogP contribution in [0.15, 0.2) is 18.2 Å². The number of aliphatic hydroxyl groups excluding tert-OH is 2. The van der Waals surface area contributed by atoms with Crippen molar-refractivity contribution in [2.75, 3.05) is 27.8 Å². The van der Waals surface area contributed by atoms with Crippen molar-refractivity contribution in [1.82, 2.24) is 10.2 Å². The highest BCUT2D eigenvalue weighted by Gasteiger charge is 2.61. The first-order chi connectivity index (χ1) is 29.5. The van der Waals surface area contributed by atoms with E-state index in [0.29, 0.717) is 22.9 Å². The lowest BCUT2D eigenvalue weighted by Crippen LogP contribution is -2.61. The second-order valence-corrected chi connectivity index (χ2v) is 19.8. The second-order valence-electron chi connectivity index (χ2n) is 19.0. The molecule has 4 saturated heterocycles. The van der Waals surface area contributed by atoms with Gasteiger partial charge in [0.2, 0.25) is 0 Å². The molecule has 5 rings (SSSR count). The number of nitrogens with zero attached hydrogens (tertiary/aromatic N) is 1. The number of aliphatic hydroxyl groups is 2. The molecule has 11 unspecified atom stereocenters. The van der Waals surface area contributed by atoms with E-state index < -0.39 is 108 Å². The monoisotopic (exact) mass is 930 g/mol. The SMILES string of the molecule is CC[C@H]1OC(=O)[C@H](C)C(OC2C[C@@](C)(OC)C(O)[C@H](C)O2)[C@H](C)C(OC2O[C@H](C)CC(NC)C2O)[C@@](C)(OC)CC(C)C(=O)C(C)C2N(CCc3ccc(Cl)c(Cl)c3)C(=O)OC21C. The number of ether oxygens (including phenoxy) is 8. The van der Waals surface area contributed by atoms with Crippen LogP contribution in [0.1, 0.15) is 100 Å². The third-order valence-electron chi connectivity index (χ3n) is 14.5. The number of rotatable bonds is 11. The van der Waals surface area contributed by atoms with Crippen LogP contribution in [-0.4, -0.2) is 145 Å². The Morgan fingerprint density at radius 3 is 2.17 bits per heavy atom. The summed E-state index contributed by atoms with van der Waals surface area (Å²) in [5.74, 6) is -4.03. The number of amides is 1. The molecule has 4 aliphatic rings. The van der Waals surface area contributed by atoms with Crippen LogP contribution in [-0.2, 0) is 53.9 Å². The number of ketones is 1. The molecule has 1 amide bonds. The maximum atomic E-state index is 15.0. The fourth-order valence-corrected chi connectivity index (χ4v) is 10.9. The number of hydrogen-bond acceptors (Lipinski definition) is 14. The van der Waals surface area contributed by atoms with Gasteiger partial charge in [0.1, 0.15) is 24.1 Å². The van der Waals surface area contributed by atoms with Crippen LogP contribution in [0.5, 0.6) is 0 Å². The Bertz CT molecular complexity index is 1760. The average molecular weight is 932 g/mol. The smallest absolute Gasteiger partial charge is 0.410 e. The van der Waals surface area contributed by atoms with Crippen LogP contribution >= 0.6 is 23.2 Å². The van der Waals surface area contributed by atoms with Gasteiger partial charge in [0.05, 0.1) is 57.6 Å². The Labute approximate surface area is 383 Å². The Morgan fingerprint density at radius 2 is 1.57 bits per heavy atom. The van der Waals surface area contributed by atoms with Gasteiger partial charge in [0, 0.05) is 51.0 Å². The van der Waals surface area contributed by atoms with Crippen LogP contribution in [0.3, 0.4) is 0 Å². The number of cyclic esters (lactones) is 1. The lowest BCUT2D eigenvalue weighted by atomic mass is 9.73. The number of likely N-dealkylation sites (N-methyl/N-ethyl adjacent to an activating group) is 1. The van der Waals surface area contributed by atoms with Gasteiger partial charge in [-0.25, -0.2) is 4.79 Å². The summed E-state index contributed by atoms with van der Waals surface area (Å²) in [5.41, 5.74) is -2.95. The molecule has 4 heterocycles. The molecule has 0 bridgehead atoms. The number of Topliss-reactive ketones (excluding diaryl/α,β-unsaturated/α-hetero) is 1. The summed E-state index contributed by atoms with van der Waals surface area (Å²) >= 11 is 12.5. The van der Waals surface area contributed by atoms with E-state index in [0.717, 1.165) is 5.56 Å². The number of fused-ring (bicyclic) bond motifs is 1. The molecule has 4 fully saturated rings. The van der Waals surface area contributed by atoms with E-state index in [4.69, 9.17) is 61.1 Å². The van der Waals surface area contributed by atoms with Gasteiger partial charge in [-0.15, -0.1) is 0 Å². The molecule has 0 spiro atoms. The Kier molecular flexibility index (Phi) is 17.1. The number of esters is 1. The molecular formula is C46H72Cl2N2O13. The molecule has 0 aromatic heterocycles. The van der Waals surface area contributed by atoms with Crippen molar-refractivity contribution in [2.24, 2.45) is 23.7 Å². The van der Waals surface area contributed by atoms with Gasteiger partial charge in [0.25, 0.3) is 0 Å². The van der Waals surface area contributed by atoms with Crippen LogP contribution in [0.4, 0.5) is 4.79 Å². The first-order valence-electron chi connectivity index (χ1n) is 22.4. The molecule has 3 N–H and O–H groups in total. The van der Waals surface area contributed by atoms with E-state index in [-0.39, 0.29) is 43.7 Å². The largest absolute Gasteiger partial charge is 0.458 e. The summed E-state index contributed by atoms with van der Waals surface area (Å²) in [6.07, 6.45) is -7.34. The fraction of sp³-hybridized carbons (Fsp3) is 0.804. The van der Waals surface area contributed by atoms with Gasteiger partial charge in [-0.05, 0) is 92.0 Å². The van der Waals surface area contributed by atoms with Crippen molar-refractivity contribution in [3.05, 3.63) is 33.8 Å². The van der Waals surface area contributed by atoms with Gasteiger partial charge >= 0.3 is 12.1 Å². The number of nitrogens with one attached hydrogen (secondary N) is 1. The molecule has 4 aliphatic heterocycles. The lowest BCUT2D eigenvalue weighted by molar-refractivity contribution is -0.317. The third-order valence-corrected chi connectivity index (χ3v) is 15.2. The molecule has 0 aliphatic carbocycles. The molecule has 18 atom stereocenters. The summed E-state index contributed by atoms with van der Waals surface area (Å²) in [4.78, 5) is 45.4. The maximum absolute atomic E-state index is 15.0. The normalized spacial score (nSPS) is 43.2. The molecular weight excluding hydrogens is 859 g/mol. The molecule has 15 nitrogen and oxygen atoms in total. The summed E-state index contributed by atoms with van der Waals surface area (Å²) in [6.45, 7) is 18.1. The number of methoxy groups -OCH3 is 2. The van der Waals surface area contributed by atoms with Crippen LogP contribution in [0.25, 0.3) is 0 Å². The quantitative estimate of drug-likeness (QED) is 0.216. The summed E-state index contributed by atoms with van der Waals surface area (Å²) in [5, 5.41) is 26.6. The minimum absolute atomic E-state index is 0.119. The van der Waals surface area contributed by atoms with Crippen molar-refractivity contribution >= 4 is 41.0 Å². The Morgan fingerprint density at radius 1 is 0.905 bits per heavy atom. The zero-order valence-corrected chi connectivity index (χ0v) is 40.7. The van der Waals surface area contributed by atoms with E-state index >= 15 is 0 Å². The molecule has 0 radical (unpaired) electrons. The molecule has 1 aromatic rings. The van der Waals surface area contributed by atoms with Gasteiger partial charge in [-0.3, -0.25) is 14.5 Å². The first kappa shape index (κ1) is 51.8. The van der Waals surface area contributed by atoms with Crippen molar-refractivity contribution in [3.8, 4) is 0 Å². The van der Waals surface area contributed by atoms with Crippen LogP contribution in [0.2, 0.25) is 10.0 Å². The third kappa shape index (κ3) is 10.7. The molecule has 17 heteroatoms. The van der Waals surface area contributed by atoms with E-state index in [1.54, 1.807) is 58.7 Å². The maximum Gasteiger partial charge on any atom is 0.410 e. The van der Waals surface area contributed by atoms with Crippen molar-refractivity contribution in [3.63, 3.8) is 0 Å². The van der Waals surface area contributed by atoms with Crippen LogP contribution in [0, 0.1) is 23.7 Å². The zero-order chi connectivity index (χ0) is 46.9. The second kappa shape index (κ2) is 20.8. The minimum Gasteiger partial charge on any atom is -0.458 e. The van der Waals surface area contributed by atoms with Gasteiger partial charge in [-0.2, -0.15) is 0 Å². The fourth-order valence-electron chi connectivity index (χ4n) is 10.6. The highest BCUT2D eigenvalue weighted by molar-refractivity contribution is 6.42. The number of carbonyl (C=O) groups is 3. The summed E-state index contributed by atoms with van der Waals surface area (Å²) in [6, 6.07) is 4.05. The first-order valence-corrected chi connectivity index (χ1v) is 23.2. The highest BCUT2D eigenvalue weighted by Crippen LogP contribution is 2.45. The summed E-state index contributed by atoms with van der Waals surface area (Å²) in [7, 11) is 4.81. The Balaban J connectivity index is 1.62. The minimum atomic E-state index is -1.46. The standard InChI is InChI=1S/C46H72Cl2N2O13/c1-14-33-46(10)38(50(43(55)63-46)18-17-29-15-16-30(47)31(48)20-29)25(4)35(51)23(2)21-45(9,57-13)40(62-42-36(52)32(49-11)19-24(3)58-42)26(5)37(27(6)41(54)60-33)61-34-22-44(8,56-12)39(53)28(7)59-34/h15-16,20,23-28,32-34,36-40,42,49,52-53H,14,17-19,21-22H2,1-13H3/t23?,24-,25?,26+,27-,28+,32?,33-,34?,36?,37?,38?,39?,40?,42?,44-,45+,46?/m1/s1. The molecule has 0 saturated carbocycles. The van der Waals surface area contributed by atoms with E-state index in [1.165, 1.54) is 14.2 Å². The number of carbonyl (C=O) groups excluding carboxylic acids is 3. The van der Waals surface area contributed by atoms with Gasteiger partial charge < -0.3 is 53.4 Å². The van der Waals surface area contributed by atoms with Crippen LogP contribution < -0.4 is 5.32 Å². The topological polar surface area (TPSA) is 181 Å². The number of halogens is 2. The van der Waals surface area contributed by atoms with E-state index in [2.05, 4.69) is 5.32 Å². The predicted octanol–water partition coefficient (Wildman–Crippen LogP) is 6.11. The van der Waals surface area contributed by atoms with E-state index in [9.17, 15) is 24.6 Å². The lowest BCUT2D eigenvalue weighted by Gasteiger charge is -2.49. The van der Waals surface area contributed by atoms with Crippen molar-refractivity contribution < 1.29 is 62.5 Å². The Hall–Kier alpha value is -2.15. The van der Waals surface area contributed by atoms with Gasteiger partial charge in [0.15, 0.2) is 18.2 Å². The highest BCUT2D eigenvalue weighted by atomic mass is 35.5. The zero-order valence-electron chi connectivity index (χ0n) is 39.2. The van der Waals surface area contributed by atoms with E-state index in [1.807, 2.05) is 40.7 Å². The van der Waals surface area contributed by atoms with Crippen molar-refractivity contribution in [2.45, 2.75) is 186 Å². The van der Waals surface area contributed by atoms with Gasteiger partial charge in [-0.1, -0.05) is 57.0 Å².